The molecule has 0 aliphatic rings. The molecule has 114 valence electrons. The maximum absolute atomic E-state index is 12.4. The van der Waals surface area contributed by atoms with E-state index in [1.165, 1.54) is 0 Å². The Balaban J connectivity index is 2.09. The van der Waals surface area contributed by atoms with Crippen molar-refractivity contribution in [3.05, 3.63) is 39.4 Å². The first kappa shape index (κ1) is 15.9. The van der Waals surface area contributed by atoms with Crippen LogP contribution in [0.25, 0.3) is 10.9 Å². The van der Waals surface area contributed by atoms with Gasteiger partial charge in [0.15, 0.2) is 4.77 Å². The van der Waals surface area contributed by atoms with Gasteiger partial charge in [0.2, 0.25) is 0 Å². The number of methoxy groups -OCH3 is 1. The number of nitrogens with zero attached hydrogens (tertiary/aromatic N) is 2. The van der Waals surface area contributed by atoms with Gasteiger partial charge in [0, 0.05) is 20.2 Å². The Hall–Kier alpha value is -1.50. The summed E-state index contributed by atoms with van der Waals surface area (Å²) in [6.07, 6.45) is 0.871. The number of likely N-dealkylation sites (N-methyl/N-ethyl adjacent to an activating group) is 1. The molecule has 1 aromatic carbocycles. The van der Waals surface area contributed by atoms with Crippen molar-refractivity contribution in [2.75, 3.05) is 33.9 Å². The standard InChI is InChI=1S/C15H21N3O2S/c1-17(10-11-20-2)8-5-9-18-14(19)12-6-3-4-7-13(12)16-15(18)21/h3-4,6-7H,5,8-11H2,1-2H3,(H,16,21). The van der Waals surface area contributed by atoms with E-state index in [4.69, 9.17) is 17.0 Å². The van der Waals surface area contributed by atoms with Crippen LogP contribution in [0.2, 0.25) is 0 Å². The summed E-state index contributed by atoms with van der Waals surface area (Å²) < 4.78 is 7.17. The maximum atomic E-state index is 12.4. The molecule has 0 aliphatic carbocycles. The second-order valence-corrected chi connectivity index (χ2v) is 5.47. The van der Waals surface area contributed by atoms with E-state index in [0.717, 1.165) is 25.0 Å². The Kier molecular flexibility index (Phi) is 5.67. The lowest BCUT2D eigenvalue weighted by atomic mass is 10.2. The normalized spacial score (nSPS) is 11.4. The largest absolute Gasteiger partial charge is 0.383 e. The zero-order valence-corrected chi connectivity index (χ0v) is 13.3. The number of hydrogen-bond acceptors (Lipinski definition) is 4. The van der Waals surface area contributed by atoms with Crippen molar-refractivity contribution in [3.63, 3.8) is 0 Å². The number of para-hydroxylation sites is 1. The molecule has 1 aromatic heterocycles. The smallest absolute Gasteiger partial charge is 0.262 e. The number of rotatable bonds is 7. The van der Waals surface area contributed by atoms with Gasteiger partial charge in [-0.1, -0.05) is 12.1 Å². The van der Waals surface area contributed by atoms with Gasteiger partial charge in [-0.15, -0.1) is 0 Å². The highest BCUT2D eigenvalue weighted by atomic mass is 32.1. The Morgan fingerprint density at radius 1 is 1.33 bits per heavy atom. The molecule has 0 atom stereocenters. The summed E-state index contributed by atoms with van der Waals surface area (Å²) >= 11 is 5.29. The monoisotopic (exact) mass is 307 g/mol. The van der Waals surface area contributed by atoms with E-state index >= 15 is 0 Å². The Morgan fingerprint density at radius 2 is 2.10 bits per heavy atom. The topological polar surface area (TPSA) is 50.3 Å². The molecule has 0 aliphatic heterocycles. The minimum absolute atomic E-state index is 0.0195. The summed E-state index contributed by atoms with van der Waals surface area (Å²) in [5.74, 6) is 0. The SMILES string of the molecule is COCCN(C)CCCn1c(=S)[nH]c2ccccc2c1=O. The lowest BCUT2D eigenvalue weighted by molar-refractivity contribution is 0.160. The molecule has 0 fully saturated rings. The van der Waals surface area contributed by atoms with Gasteiger partial charge in [-0.3, -0.25) is 9.36 Å². The summed E-state index contributed by atoms with van der Waals surface area (Å²) in [4.78, 5) is 17.7. The molecule has 0 radical (unpaired) electrons. The molecule has 1 heterocycles. The van der Waals surface area contributed by atoms with E-state index in [9.17, 15) is 4.79 Å². The van der Waals surface area contributed by atoms with Crippen LogP contribution in [0, 0.1) is 4.77 Å². The van der Waals surface area contributed by atoms with E-state index in [-0.39, 0.29) is 5.56 Å². The highest BCUT2D eigenvalue weighted by molar-refractivity contribution is 7.71. The molecular weight excluding hydrogens is 286 g/mol. The number of benzene rings is 1. The number of H-pyrrole nitrogens is 1. The number of ether oxygens (including phenoxy) is 1. The Morgan fingerprint density at radius 3 is 2.86 bits per heavy atom. The van der Waals surface area contributed by atoms with Crippen LogP contribution >= 0.6 is 12.2 Å². The quantitative estimate of drug-likeness (QED) is 0.795. The van der Waals surface area contributed by atoms with Crippen molar-refractivity contribution in [2.45, 2.75) is 13.0 Å². The van der Waals surface area contributed by atoms with E-state index in [1.54, 1.807) is 11.7 Å². The summed E-state index contributed by atoms with van der Waals surface area (Å²) in [6, 6.07) is 7.45. The third-order valence-corrected chi connectivity index (χ3v) is 3.81. The van der Waals surface area contributed by atoms with Crippen molar-refractivity contribution < 1.29 is 4.74 Å². The van der Waals surface area contributed by atoms with Crippen LogP contribution in [0.4, 0.5) is 0 Å². The second kappa shape index (κ2) is 7.49. The molecular formula is C15H21N3O2S. The minimum Gasteiger partial charge on any atom is -0.383 e. The Labute approximate surface area is 129 Å². The summed E-state index contributed by atoms with van der Waals surface area (Å²) in [5.41, 5.74) is 0.773. The molecule has 6 heteroatoms. The fourth-order valence-corrected chi connectivity index (χ4v) is 2.54. The fourth-order valence-electron chi connectivity index (χ4n) is 2.26. The molecule has 0 saturated carbocycles. The molecule has 0 saturated heterocycles. The molecule has 0 unspecified atom stereocenters. The van der Waals surface area contributed by atoms with Crippen LogP contribution in [0.1, 0.15) is 6.42 Å². The van der Waals surface area contributed by atoms with Crippen molar-refractivity contribution in [1.82, 2.24) is 14.5 Å². The summed E-state index contributed by atoms with van der Waals surface area (Å²) in [6.45, 7) is 3.12. The van der Waals surface area contributed by atoms with Crippen LogP contribution < -0.4 is 5.56 Å². The zero-order valence-electron chi connectivity index (χ0n) is 12.5. The van der Waals surface area contributed by atoms with Gasteiger partial charge in [-0.25, -0.2) is 0 Å². The lowest BCUT2D eigenvalue weighted by Crippen LogP contribution is -2.27. The third-order valence-electron chi connectivity index (χ3n) is 3.49. The summed E-state index contributed by atoms with van der Waals surface area (Å²) in [7, 11) is 3.74. The van der Waals surface area contributed by atoms with Crippen LogP contribution in [0.5, 0.6) is 0 Å². The van der Waals surface area contributed by atoms with Gasteiger partial charge >= 0.3 is 0 Å². The first-order valence-corrected chi connectivity index (χ1v) is 7.43. The van der Waals surface area contributed by atoms with Crippen LogP contribution in [0.3, 0.4) is 0 Å². The molecule has 0 spiro atoms. The van der Waals surface area contributed by atoms with Crippen molar-refractivity contribution >= 4 is 23.1 Å². The van der Waals surface area contributed by atoms with Gasteiger partial charge in [0.25, 0.3) is 5.56 Å². The van der Waals surface area contributed by atoms with Crippen molar-refractivity contribution in [1.29, 1.82) is 0 Å². The van der Waals surface area contributed by atoms with Crippen LogP contribution in [0.15, 0.2) is 29.1 Å². The lowest BCUT2D eigenvalue weighted by Gasteiger charge is -2.16. The molecule has 21 heavy (non-hydrogen) atoms. The van der Waals surface area contributed by atoms with Crippen LogP contribution in [-0.4, -0.2) is 48.3 Å². The van der Waals surface area contributed by atoms with Gasteiger partial charge in [0.05, 0.1) is 17.5 Å². The van der Waals surface area contributed by atoms with E-state index < -0.39 is 0 Å². The third kappa shape index (κ3) is 4.00. The van der Waals surface area contributed by atoms with Gasteiger partial charge < -0.3 is 14.6 Å². The number of fused-ring (bicyclic) bond motifs is 1. The van der Waals surface area contributed by atoms with Gasteiger partial charge in [-0.05, 0) is 44.4 Å². The predicted molar refractivity (Wildman–Crippen MR) is 87.4 cm³/mol. The minimum atomic E-state index is -0.0195. The van der Waals surface area contributed by atoms with Gasteiger partial charge in [0.1, 0.15) is 0 Å². The van der Waals surface area contributed by atoms with E-state index in [1.807, 2.05) is 31.3 Å². The highest BCUT2D eigenvalue weighted by Gasteiger charge is 2.05. The zero-order chi connectivity index (χ0) is 15.2. The van der Waals surface area contributed by atoms with E-state index in [2.05, 4.69) is 9.88 Å². The maximum Gasteiger partial charge on any atom is 0.262 e. The number of nitrogens with one attached hydrogen (secondary N) is 1. The van der Waals surface area contributed by atoms with Crippen molar-refractivity contribution in [2.24, 2.45) is 0 Å². The second-order valence-electron chi connectivity index (χ2n) is 5.08. The molecule has 0 bridgehead atoms. The first-order chi connectivity index (χ1) is 10.1. The average molecular weight is 307 g/mol. The average Bonchev–Trinajstić information content (AvgIpc) is 2.48. The molecule has 5 nitrogen and oxygen atoms in total. The Bertz CT molecular complexity index is 708. The number of aromatic amines is 1. The van der Waals surface area contributed by atoms with Crippen molar-refractivity contribution in [3.8, 4) is 0 Å². The molecule has 0 amide bonds. The number of aromatic nitrogens is 2. The highest BCUT2D eigenvalue weighted by Crippen LogP contribution is 2.06. The molecule has 2 rings (SSSR count). The number of hydrogen-bond donors (Lipinski definition) is 1. The fraction of sp³-hybridized carbons (Fsp3) is 0.467. The predicted octanol–water partition coefficient (Wildman–Crippen LogP) is 2.03. The van der Waals surface area contributed by atoms with Gasteiger partial charge in [-0.2, -0.15) is 0 Å². The molecule has 2 aromatic rings. The molecule has 1 N–H and O–H groups in total. The first-order valence-electron chi connectivity index (χ1n) is 7.03. The van der Waals surface area contributed by atoms with E-state index in [0.29, 0.717) is 23.3 Å². The van der Waals surface area contributed by atoms with Crippen LogP contribution in [-0.2, 0) is 11.3 Å². The summed E-state index contributed by atoms with van der Waals surface area (Å²) in [5, 5.41) is 0.679.